The van der Waals surface area contributed by atoms with Gasteiger partial charge in [-0.25, -0.2) is 4.79 Å². The third-order valence-electron chi connectivity index (χ3n) is 1.91. The third kappa shape index (κ3) is 3.89. The lowest BCUT2D eigenvalue weighted by molar-refractivity contribution is 0.238. The molecule has 15 heavy (non-hydrogen) atoms. The summed E-state index contributed by atoms with van der Waals surface area (Å²) in [5.74, 6) is 0. The number of rotatable bonds is 3. The highest BCUT2D eigenvalue weighted by molar-refractivity contribution is 5.74. The van der Waals surface area contributed by atoms with Crippen molar-refractivity contribution in [1.82, 2.24) is 10.6 Å². The summed E-state index contributed by atoms with van der Waals surface area (Å²) in [4.78, 5) is 11.3. The molecule has 4 heteroatoms. The molecule has 1 aromatic rings. The van der Waals surface area contributed by atoms with E-state index in [1.165, 1.54) is 0 Å². The van der Waals surface area contributed by atoms with Gasteiger partial charge in [-0.05, 0) is 25.5 Å². The molecule has 82 valence electrons. The lowest BCUT2D eigenvalue weighted by atomic mass is 10.2. The topological polar surface area (TPSA) is 67.2 Å². The molecule has 0 bridgehead atoms. The molecule has 1 aromatic carbocycles. The molecule has 0 spiro atoms. The number of anilines is 1. The van der Waals surface area contributed by atoms with Gasteiger partial charge in [0.25, 0.3) is 0 Å². The molecule has 1 rings (SSSR count). The quantitative estimate of drug-likeness (QED) is 0.657. The molecule has 0 saturated heterocycles. The van der Waals surface area contributed by atoms with Crippen LogP contribution < -0.4 is 16.4 Å². The van der Waals surface area contributed by atoms with E-state index < -0.39 is 0 Å². The zero-order valence-electron chi connectivity index (χ0n) is 9.08. The first-order valence-electron chi connectivity index (χ1n) is 4.97. The number of nitrogen functional groups attached to an aromatic ring is 1. The summed E-state index contributed by atoms with van der Waals surface area (Å²) >= 11 is 0. The molecular formula is C11H17N3O. The molecule has 4 N–H and O–H groups in total. The van der Waals surface area contributed by atoms with Gasteiger partial charge >= 0.3 is 6.03 Å². The molecule has 0 fully saturated rings. The van der Waals surface area contributed by atoms with Crippen molar-refractivity contribution in [2.45, 2.75) is 26.4 Å². The van der Waals surface area contributed by atoms with E-state index in [2.05, 4.69) is 10.6 Å². The Hall–Kier alpha value is -1.71. The molecule has 0 aromatic heterocycles. The van der Waals surface area contributed by atoms with Crippen molar-refractivity contribution < 1.29 is 4.79 Å². The van der Waals surface area contributed by atoms with Crippen molar-refractivity contribution in [3.05, 3.63) is 29.8 Å². The number of hydrogen-bond acceptors (Lipinski definition) is 2. The summed E-state index contributed by atoms with van der Waals surface area (Å²) in [7, 11) is 0. The Morgan fingerprint density at radius 1 is 1.40 bits per heavy atom. The molecule has 2 amide bonds. The normalized spacial score (nSPS) is 10.1. The lowest BCUT2D eigenvalue weighted by Crippen LogP contribution is -2.39. The summed E-state index contributed by atoms with van der Waals surface area (Å²) in [6.45, 7) is 4.28. The van der Waals surface area contributed by atoms with Crippen molar-refractivity contribution in [2.24, 2.45) is 0 Å². The largest absolute Gasteiger partial charge is 0.398 e. The van der Waals surface area contributed by atoms with Gasteiger partial charge in [-0.1, -0.05) is 18.2 Å². The monoisotopic (exact) mass is 207 g/mol. The Balaban J connectivity index is 2.44. The minimum absolute atomic E-state index is 0.137. The van der Waals surface area contributed by atoms with Crippen molar-refractivity contribution in [2.75, 3.05) is 5.73 Å². The van der Waals surface area contributed by atoms with Gasteiger partial charge in [0.1, 0.15) is 0 Å². The number of hydrogen-bond donors (Lipinski definition) is 3. The van der Waals surface area contributed by atoms with E-state index in [0.29, 0.717) is 12.2 Å². The van der Waals surface area contributed by atoms with Crippen LogP contribution in [0.15, 0.2) is 24.3 Å². The fourth-order valence-corrected chi connectivity index (χ4v) is 1.18. The predicted octanol–water partition coefficient (Wildman–Crippen LogP) is 1.48. The Bertz CT molecular complexity index is 336. The number of para-hydroxylation sites is 1. The maximum absolute atomic E-state index is 11.3. The van der Waals surface area contributed by atoms with E-state index in [1.807, 2.05) is 38.1 Å². The van der Waals surface area contributed by atoms with Crippen molar-refractivity contribution in [3.8, 4) is 0 Å². The number of nitrogens with two attached hydrogens (primary N) is 1. The highest BCUT2D eigenvalue weighted by atomic mass is 16.2. The van der Waals surface area contributed by atoms with Gasteiger partial charge < -0.3 is 16.4 Å². The Morgan fingerprint density at radius 3 is 2.67 bits per heavy atom. The highest BCUT2D eigenvalue weighted by Crippen LogP contribution is 2.09. The SMILES string of the molecule is CC(C)NC(=O)NCc1ccccc1N. The number of carbonyl (C=O) groups excluding carboxylic acids is 1. The molecule has 0 unspecified atom stereocenters. The first-order valence-corrected chi connectivity index (χ1v) is 4.97. The van der Waals surface area contributed by atoms with Gasteiger partial charge in [0.05, 0.1) is 0 Å². The van der Waals surface area contributed by atoms with Gasteiger partial charge in [-0.3, -0.25) is 0 Å². The van der Waals surface area contributed by atoms with Crippen LogP contribution in [0.25, 0.3) is 0 Å². The Labute approximate surface area is 89.9 Å². The minimum Gasteiger partial charge on any atom is -0.398 e. The van der Waals surface area contributed by atoms with Crippen LogP contribution in [0.3, 0.4) is 0 Å². The summed E-state index contributed by atoms with van der Waals surface area (Å²) in [5, 5.41) is 5.48. The molecule has 0 aliphatic carbocycles. The third-order valence-corrected chi connectivity index (χ3v) is 1.91. The molecular weight excluding hydrogens is 190 g/mol. The zero-order chi connectivity index (χ0) is 11.3. The molecule has 0 saturated carbocycles. The molecule has 0 atom stereocenters. The minimum atomic E-state index is -0.173. The van der Waals surface area contributed by atoms with E-state index in [9.17, 15) is 4.79 Å². The number of amides is 2. The molecule has 4 nitrogen and oxygen atoms in total. The van der Waals surface area contributed by atoms with E-state index in [0.717, 1.165) is 5.56 Å². The average molecular weight is 207 g/mol. The number of benzene rings is 1. The Kier molecular flexibility index (Phi) is 3.97. The molecule has 0 radical (unpaired) electrons. The second-order valence-electron chi connectivity index (χ2n) is 3.68. The van der Waals surface area contributed by atoms with Crippen LogP contribution in [-0.4, -0.2) is 12.1 Å². The van der Waals surface area contributed by atoms with Crippen molar-refractivity contribution in [1.29, 1.82) is 0 Å². The number of carbonyl (C=O) groups is 1. The van der Waals surface area contributed by atoms with Crippen LogP contribution in [0.2, 0.25) is 0 Å². The van der Waals surface area contributed by atoms with Crippen LogP contribution in [0.4, 0.5) is 10.5 Å². The molecule has 0 aliphatic rings. The van der Waals surface area contributed by atoms with Crippen molar-refractivity contribution in [3.63, 3.8) is 0 Å². The summed E-state index contributed by atoms with van der Waals surface area (Å²) in [6.07, 6.45) is 0. The van der Waals surface area contributed by atoms with Crippen LogP contribution in [0, 0.1) is 0 Å². The molecule has 0 heterocycles. The number of urea groups is 1. The van der Waals surface area contributed by atoms with E-state index in [1.54, 1.807) is 0 Å². The zero-order valence-corrected chi connectivity index (χ0v) is 9.08. The second-order valence-corrected chi connectivity index (χ2v) is 3.68. The van der Waals surface area contributed by atoms with Gasteiger partial charge in [-0.15, -0.1) is 0 Å². The fraction of sp³-hybridized carbons (Fsp3) is 0.364. The average Bonchev–Trinajstić information content (AvgIpc) is 2.15. The van der Waals surface area contributed by atoms with Gasteiger partial charge in [0, 0.05) is 18.3 Å². The van der Waals surface area contributed by atoms with Gasteiger partial charge in [0.2, 0.25) is 0 Å². The van der Waals surface area contributed by atoms with Gasteiger partial charge in [-0.2, -0.15) is 0 Å². The standard InChI is InChI=1S/C11H17N3O/c1-8(2)14-11(15)13-7-9-5-3-4-6-10(9)12/h3-6,8H,7,12H2,1-2H3,(H2,13,14,15). The van der Waals surface area contributed by atoms with E-state index >= 15 is 0 Å². The van der Waals surface area contributed by atoms with Crippen LogP contribution in [-0.2, 0) is 6.54 Å². The van der Waals surface area contributed by atoms with E-state index in [-0.39, 0.29) is 12.1 Å². The summed E-state index contributed by atoms with van der Waals surface area (Å²) < 4.78 is 0. The first-order chi connectivity index (χ1) is 7.09. The van der Waals surface area contributed by atoms with Crippen molar-refractivity contribution >= 4 is 11.7 Å². The van der Waals surface area contributed by atoms with Gasteiger partial charge in [0.15, 0.2) is 0 Å². The van der Waals surface area contributed by atoms with Crippen LogP contribution in [0.1, 0.15) is 19.4 Å². The van der Waals surface area contributed by atoms with E-state index in [4.69, 9.17) is 5.73 Å². The second kappa shape index (κ2) is 5.24. The molecule has 0 aliphatic heterocycles. The maximum Gasteiger partial charge on any atom is 0.315 e. The predicted molar refractivity (Wildman–Crippen MR) is 61.4 cm³/mol. The summed E-state index contributed by atoms with van der Waals surface area (Å²) in [6, 6.07) is 7.44. The smallest absolute Gasteiger partial charge is 0.315 e. The Morgan fingerprint density at radius 2 is 2.07 bits per heavy atom. The fourth-order valence-electron chi connectivity index (χ4n) is 1.18. The lowest BCUT2D eigenvalue weighted by Gasteiger charge is -2.11. The number of nitrogens with one attached hydrogen (secondary N) is 2. The summed E-state index contributed by atoms with van der Waals surface area (Å²) in [5.41, 5.74) is 7.36. The van der Waals surface area contributed by atoms with Crippen LogP contribution in [0.5, 0.6) is 0 Å². The maximum atomic E-state index is 11.3. The first kappa shape index (κ1) is 11.4. The highest BCUT2D eigenvalue weighted by Gasteiger charge is 2.03. The van der Waals surface area contributed by atoms with Crippen LogP contribution >= 0.6 is 0 Å².